The molecule has 0 saturated carbocycles. The molecule has 8 nitrogen and oxygen atoms in total. The van der Waals surface area contributed by atoms with Gasteiger partial charge >= 0.3 is 5.97 Å². The van der Waals surface area contributed by atoms with Gasteiger partial charge in [0.2, 0.25) is 0 Å². The van der Waals surface area contributed by atoms with Gasteiger partial charge in [-0.2, -0.15) is 5.26 Å². The van der Waals surface area contributed by atoms with Gasteiger partial charge in [-0.3, -0.25) is 4.79 Å². The van der Waals surface area contributed by atoms with E-state index >= 15 is 0 Å². The standard InChI is InChI=1S/C32H35N5O3/c1-22-18-23(2)28(34-25-12-14-35(15-13-25)29-11-7-6-8-24(29)20-33)19-27(22)31(38)36-16-17-37(30(21-36)32(39)40)26-9-4-3-5-10-26/h3-11,18-19,25,30,34H,12-17,21H2,1-2H3,(H,39,40). The minimum Gasteiger partial charge on any atom is -0.480 e. The number of rotatable bonds is 6. The summed E-state index contributed by atoms with van der Waals surface area (Å²) in [5.41, 5.74) is 6.02. The molecule has 1 amide bonds. The number of anilines is 3. The van der Waals surface area contributed by atoms with E-state index in [-0.39, 0.29) is 18.5 Å². The fourth-order valence-corrected chi connectivity index (χ4v) is 5.84. The van der Waals surface area contributed by atoms with E-state index < -0.39 is 12.0 Å². The monoisotopic (exact) mass is 537 g/mol. The third kappa shape index (κ3) is 5.59. The van der Waals surface area contributed by atoms with Crippen LogP contribution in [0.4, 0.5) is 17.1 Å². The second kappa shape index (κ2) is 11.7. The summed E-state index contributed by atoms with van der Waals surface area (Å²) in [7, 11) is 0. The second-order valence-corrected chi connectivity index (χ2v) is 10.7. The van der Waals surface area contributed by atoms with E-state index in [2.05, 4.69) is 16.3 Å². The van der Waals surface area contributed by atoms with Gasteiger partial charge in [0.15, 0.2) is 0 Å². The van der Waals surface area contributed by atoms with E-state index in [0.29, 0.717) is 24.2 Å². The van der Waals surface area contributed by atoms with E-state index in [1.807, 2.05) is 85.5 Å². The number of piperazine rings is 1. The number of aliphatic carboxylic acids is 1. The number of hydrogen-bond donors (Lipinski definition) is 2. The molecule has 2 fully saturated rings. The van der Waals surface area contributed by atoms with Crippen LogP contribution in [-0.4, -0.2) is 66.7 Å². The topological polar surface area (TPSA) is 99.9 Å². The lowest BCUT2D eigenvalue weighted by atomic mass is 9.99. The number of nitriles is 1. The van der Waals surface area contributed by atoms with Gasteiger partial charge < -0.3 is 25.1 Å². The van der Waals surface area contributed by atoms with E-state index in [1.165, 1.54) is 0 Å². The SMILES string of the molecule is Cc1cc(C)c(C(=O)N2CCN(c3ccccc3)C(C(=O)O)C2)cc1NC1CCN(c2ccccc2C#N)CC1. The first kappa shape index (κ1) is 27.1. The van der Waals surface area contributed by atoms with Crippen molar-refractivity contribution in [1.82, 2.24) is 4.90 Å². The molecular formula is C32H35N5O3. The Balaban J connectivity index is 1.27. The number of nitrogens with zero attached hydrogens (tertiary/aromatic N) is 4. The van der Waals surface area contributed by atoms with Gasteiger partial charge in [-0.05, 0) is 68.1 Å². The maximum Gasteiger partial charge on any atom is 0.328 e. The number of piperidine rings is 1. The molecule has 2 aliphatic rings. The number of carboxylic acids is 1. The highest BCUT2D eigenvalue weighted by Gasteiger charge is 2.35. The van der Waals surface area contributed by atoms with E-state index in [1.54, 1.807) is 4.90 Å². The average Bonchev–Trinajstić information content (AvgIpc) is 2.98. The van der Waals surface area contributed by atoms with Crippen LogP contribution in [0.15, 0.2) is 66.7 Å². The summed E-state index contributed by atoms with van der Waals surface area (Å²) in [5.74, 6) is -1.07. The van der Waals surface area contributed by atoms with Crippen molar-refractivity contribution >= 4 is 28.9 Å². The van der Waals surface area contributed by atoms with Gasteiger partial charge in [-0.15, -0.1) is 0 Å². The number of benzene rings is 3. The van der Waals surface area contributed by atoms with Crippen molar-refractivity contribution in [2.75, 3.05) is 47.8 Å². The number of nitrogens with one attached hydrogen (secondary N) is 1. The molecule has 2 aliphatic heterocycles. The number of carboxylic acid groups (broad SMARTS) is 1. The summed E-state index contributed by atoms with van der Waals surface area (Å²) in [4.78, 5) is 31.7. The minimum atomic E-state index is -0.937. The number of aryl methyl sites for hydroxylation is 2. The molecule has 1 atom stereocenters. The number of carbonyl (C=O) groups excluding carboxylic acids is 1. The number of carbonyl (C=O) groups is 2. The summed E-state index contributed by atoms with van der Waals surface area (Å²) >= 11 is 0. The molecule has 2 saturated heterocycles. The predicted molar refractivity (Wildman–Crippen MR) is 157 cm³/mol. The lowest BCUT2D eigenvalue weighted by Crippen LogP contribution is -2.58. The fourth-order valence-electron chi connectivity index (χ4n) is 5.84. The van der Waals surface area contributed by atoms with Crippen LogP contribution >= 0.6 is 0 Å². The molecule has 40 heavy (non-hydrogen) atoms. The lowest BCUT2D eigenvalue weighted by molar-refractivity contribution is -0.139. The summed E-state index contributed by atoms with van der Waals surface area (Å²) in [6, 6.07) is 22.9. The van der Waals surface area contributed by atoms with Crippen molar-refractivity contribution < 1.29 is 14.7 Å². The maximum atomic E-state index is 13.7. The largest absolute Gasteiger partial charge is 0.480 e. The third-order valence-electron chi connectivity index (χ3n) is 8.06. The molecule has 1 unspecified atom stereocenters. The molecule has 0 spiro atoms. The van der Waals surface area contributed by atoms with Crippen LogP contribution in [0.3, 0.4) is 0 Å². The molecule has 2 heterocycles. The lowest BCUT2D eigenvalue weighted by Gasteiger charge is -2.41. The highest BCUT2D eigenvalue weighted by Crippen LogP contribution is 2.29. The molecule has 206 valence electrons. The van der Waals surface area contributed by atoms with Gasteiger partial charge in [0, 0.05) is 49.2 Å². The van der Waals surface area contributed by atoms with Crippen LogP contribution in [0, 0.1) is 25.2 Å². The molecule has 0 bridgehead atoms. The van der Waals surface area contributed by atoms with Crippen molar-refractivity contribution in [3.05, 3.63) is 89.0 Å². The molecule has 2 N–H and O–H groups in total. The molecule has 5 rings (SSSR count). The maximum absolute atomic E-state index is 13.7. The highest BCUT2D eigenvalue weighted by atomic mass is 16.4. The van der Waals surface area contributed by atoms with Gasteiger partial charge in [-0.25, -0.2) is 4.79 Å². The molecule has 3 aromatic carbocycles. The van der Waals surface area contributed by atoms with Crippen LogP contribution in [0.2, 0.25) is 0 Å². The number of hydrogen-bond acceptors (Lipinski definition) is 6. The summed E-state index contributed by atoms with van der Waals surface area (Å²) in [5, 5.41) is 23.1. The number of para-hydroxylation sites is 2. The quantitative estimate of drug-likeness (QED) is 0.471. The molecule has 8 heteroatoms. The Hall–Kier alpha value is -4.51. The van der Waals surface area contributed by atoms with E-state index in [0.717, 1.165) is 54.1 Å². The van der Waals surface area contributed by atoms with Crippen molar-refractivity contribution in [2.45, 2.75) is 38.8 Å². The zero-order chi connectivity index (χ0) is 28.2. The Bertz CT molecular complexity index is 1430. The first-order valence-electron chi connectivity index (χ1n) is 13.8. The van der Waals surface area contributed by atoms with Crippen molar-refractivity contribution in [3.8, 4) is 6.07 Å². The van der Waals surface area contributed by atoms with Crippen molar-refractivity contribution in [3.63, 3.8) is 0 Å². The Morgan fingerprint density at radius 2 is 1.62 bits per heavy atom. The Labute approximate surface area is 235 Å². The van der Waals surface area contributed by atoms with Crippen molar-refractivity contribution in [2.24, 2.45) is 0 Å². The zero-order valence-corrected chi connectivity index (χ0v) is 23.0. The van der Waals surface area contributed by atoms with Gasteiger partial charge in [0.25, 0.3) is 5.91 Å². The van der Waals surface area contributed by atoms with Gasteiger partial charge in [0.05, 0.1) is 17.8 Å². The third-order valence-corrected chi connectivity index (χ3v) is 8.06. The number of amides is 1. The first-order valence-corrected chi connectivity index (χ1v) is 13.8. The van der Waals surface area contributed by atoms with Crippen LogP contribution in [-0.2, 0) is 4.79 Å². The average molecular weight is 538 g/mol. The summed E-state index contributed by atoms with van der Waals surface area (Å²) in [6.07, 6.45) is 1.83. The van der Waals surface area contributed by atoms with Crippen LogP contribution in [0.25, 0.3) is 0 Å². The first-order chi connectivity index (χ1) is 19.4. The normalized spacial score (nSPS) is 17.8. The van der Waals surface area contributed by atoms with Crippen LogP contribution in [0.5, 0.6) is 0 Å². The molecule has 0 radical (unpaired) electrons. The van der Waals surface area contributed by atoms with Gasteiger partial charge in [0.1, 0.15) is 12.1 Å². The zero-order valence-electron chi connectivity index (χ0n) is 23.0. The van der Waals surface area contributed by atoms with Gasteiger partial charge in [-0.1, -0.05) is 36.4 Å². The molecule has 0 aromatic heterocycles. The van der Waals surface area contributed by atoms with Crippen LogP contribution < -0.4 is 15.1 Å². The second-order valence-electron chi connectivity index (χ2n) is 10.7. The molecule has 3 aromatic rings. The molecule has 0 aliphatic carbocycles. The summed E-state index contributed by atoms with van der Waals surface area (Å²) < 4.78 is 0. The molecular weight excluding hydrogens is 502 g/mol. The fraction of sp³-hybridized carbons (Fsp3) is 0.344. The van der Waals surface area contributed by atoms with Crippen LogP contribution in [0.1, 0.15) is 39.9 Å². The van der Waals surface area contributed by atoms with E-state index in [4.69, 9.17) is 0 Å². The minimum absolute atomic E-state index is 0.127. The highest BCUT2D eigenvalue weighted by molar-refractivity contribution is 5.97. The van der Waals surface area contributed by atoms with E-state index in [9.17, 15) is 20.0 Å². The Morgan fingerprint density at radius 1 is 0.925 bits per heavy atom. The van der Waals surface area contributed by atoms with Crippen molar-refractivity contribution in [1.29, 1.82) is 5.26 Å². The smallest absolute Gasteiger partial charge is 0.328 e. The Kier molecular flexibility index (Phi) is 7.92. The predicted octanol–water partition coefficient (Wildman–Crippen LogP) is 4.67. The summed E-state index contributed by atoms with van der Waals surface area (Å²) in [6.45, 7) is 6.70. The Morgan fingerprint density at radius 3 is 2.33 bits per heavy atom.